The van der Waals surface area contributed by atoms with Gasteiger partial charge in [-0.1, -0.05) is 0 Å². The zero-order chi connectivity index (χ0) is 15.0. The topological polar surface area (TPSA) is 38.0 Å². The third-order valence-electron chi connectivity index (χ3n) is 2.72. The quantitative estimate of drug-likeness (QED) is 0.379. The molecule has 0 spiro atoms. The summed E-state index contributed by atoms with van der Waals surface area (Å²) in [6, 6.07) is 4.30. The maximum Gasteiger partial charge on any atom is 0.200 e. The van der Waals surface area contributed by atoms with Crippen LogP contribution in [0.1, 0.15) is 5.56 Å². The molecule has 20 heavy (non-hydrogen) atoms. The van der Waals surface area contributed by atoms with E-state index in [0.29, 0.717) is 11.3 Å². The lowest BCUT2D eigenvalue weighted by Crippen LogP contribution is -2.07. The van der Waals surface area contributed by atoms with E-state index in [1.54, 1.807) is 6.92 Å². The molecular weight excluding hydrogens is 279 g/mol. The number of nitrogens with one attached hydrogen (secondary N) is 1. The van der Waals surface area contributed by atoms with Crippen molar-refractivity contribution >= 4 is 17.1 Å². The minimum absolute atomic E-state index is 0.183. The summed E-state index contributed by atoms with van der Waals surface area (Å²) < 4.78 is 66.0. The van der Waals surface area contributed by atoms with E-state index in [2.05, 4.69) is 5.32 Å². The monoisotopic (exact) mass is 288 g/mol. The van der Waals surface area contributed by atoms with E-state index in [1.165, 1.54) is 18.2 Å². The van der Waals surface area contributed by atoms with Crippen molar-refractivity contribution in [3.8, 4) is 0 Å². The fourth-order valence-corrected chi connectivity index (χ4v) is 1.68. The molecule has 0 heterocycles. The van der Waals surface area contributed by atoms with Gasteiger partial charge in [-0.05, 0) is 30.7 Å². The normalized spacial score (nSPS) is 10.7. The van der Waals surface area contributed by atoms with Crippen LogP contribution in [-0.2, 0) is 0 Å². The van der Waals surface area contributed by atoms with Gasteiger partial charge in [0.2, 0.25) is 5.82 Å². The van der Waals surface area contributed by atoms with Crippen molar-refractivity contribution in [2.24, 2.45) is 0 Å². The number of halogens is 5. The van der Waals surface area contributed by atoms with Gasteiger partial charge in [0.15, 0.2) is 23.3 Å². The van der Waals surface area contributed by atoms with Gasteiger partial charge in [-0.3, -0.25) is 0 Å². The molecule has 0 radical (unpaired) electrons. The van der Waals surface area contributed by atoms with E-state index in [4.69, 9.17) is 5.73 Å². The largest absolute Gasteiger partial charge is 0.399 e. The van der Waals surface area contributed by atoms with E-state index in [-0.39, 0.29) is 5.69 Å². The van der Waals surface area contributed by atoms with Crippen LogP contribution in [0.2, 0.25) is 0 Å². The third kappa shape index (κ3) is 2.26. The Balaban J connectivity index is 2.54. The van der Waals surface area contributed by atoms with Gasteiger partial charge in [0.1, 0.15) is 5.69 Å². The van der Waals surface area contributed by atoms with Crippen LogP contribution in [0.25, 0.3) is 0 Å². The first kappa shape index (κ1) is 14.1. The smallest absolute Gasteiger partial charge is 0.200 e. The highest BCUT2D eigenvalue weighted by Crippen LogP contribution is 2.31. The Morgan fingerprint density at radius 3 is 1.85 bits per heavy atom. The fraction of sp³-hybridized carbons (Fsp3) is 0.0769. The lowest BCUT2D eigenvalue weighted by Gasteiger charge is -2.13. The number of benzene rings is 2. The first-order chi connectivity index (χ1) is 9.32. The number of anilines is 3. The molecule has 0 atom stereocenters. The molecule has 0 unspecified atom stereocenters. The Morgan fingerprint density at radius 1 is 0.850 bits per heavy atom. The number of aryl methyl sites for hydroxylation is 1. The Kier molecular flexibility index (Phi) is 3.52. The predicted octanol–water partition coefficient (Wildman–Crippen LogP) is 4.02. The molecule has 0 bridgehead atoms. The summed E-state index contributed by atoms with van der Waals surface area (Å²) in [4.78, 5) is 0. The van der Waals surface area contributed by atoms with Gasteiger partial charge in [0.25, 0.3) is 0 Å². The molecule has 0 aliphatic heterocycles. The van der Waals surface area contributed by atoms with Gasteiger partial charge < -0.3 is 11.1 Å². The van der Waals surface area contributed by atoms with E-state index in [0.717, 1.165) is 0 Å². The van der Waals surface area contributed by atoms with Crippen molar-refractivity contribution in [3.63, 3.8) is 0 Å². The van der Waals surface area contributed by atoms with Gasteiger partial charge in [-0.2, -0.15) is 0 Å². The molecule has 0 fully saturated rings. The molecule has 0 saturated heterocycles. The molecule has 0 aliphatic rings. The Bertz CT molecular complexity index is 656. The number of nitrogen functional groups attached to an aromatic ring is 1. The van der Waals surface area contributed by atoms with Crippen LogP contribution in [0.15, 0.2) is 18.2 Å². The van der Waals surface area contributed by atoms with E-state index >= 15 is 0 Å². The van der Waals surface area contributed by atoms with Crippen LogP contribution in [0.3, 0.4) is 0 Å². The summed E-state index contributed by atoms with van der Waals surface area (Å²) in [6.07, 6.45) is 0. The highest BCUT2D eigenvalue weighted by atomic mass is 19.2. The Hall–Kier alpha value is -2.31. The maximum absolute atomic E-state index is 13.5. The van der Waals surface area contributed by atoms with Crippen molar-refractivity contribution in [1.82, 2.24) is 0 Å². The molecule has 2 rings (SSSR count). The van der Waals surface area contributed by atoms with Crippen LogP contribution in [-0.4, -0.2) is 0 Å². The molecule has 7 heteroatoms. The minimum Gasteiger partial charge on any atom is -0.399 e. The molecule has 0 amide bonds. The summed E-state index contributed by atoms with van der Waals surface area (Å²) in [7, 11) is 0. The zero-order valence-electron chi connectivity index (χ0n) is 10.2. The van der Waals surface area contributed by atoms with Crippen molar-refractivity contribution in [2.45, 2.75) is 6.92 Å². The predicted molar refractivity (Wildman–Crippen MR) is 65.1 cm³/mol. The van der Waals surface area contributed by atoms with Crippen LogP contribution in [0.4, 0.5) is 39.0 Å². The summed E-state index contributed by atoms with van der Waals surface area (Å²) >= 11 is 0. The van der Waals surface area contributed by atoms with Crippen LogP contribution in [0.5, 0.6) is 0 Å². The van der Waals surface area contributed by atoms with Crippen molar-refractivity contribution in [2.75, 3.05) is 11.1 Å². The first-order valence-corrected chi connectivity index (χ1v) is 5.47. The molecule has 0 saturated carbocycles. The SMILES string of the molecule is Cc1cc(N)ccc1Nc1c(F)c(F)c(F)c(F)c1F. The zero-order valence-corrected chi connectivity index (χ0v) is 10.2. The molecule has 0 aromatic heterocycles. The summed E-state index contributed by atoms with van der Waals surface area (Å²) in [5.41, 5.74) is 5.49. The van der Waals surface area contributed by atoms with Crippen LogP contribution < -0.4 is 11.1 Å². The molecule has 2 aromatic rings. The second-order valence-corrected chi connectivity index (χ2v) is 4.14. The second kappa shape index (κ2) is 4.99. The lowest BCUT2D eigenvalue weighted by molar-refractivity contribution is 0.382. The van der Waals surface area contributed by atoms with Gasteiger partial charge in [-0.15, -0.1) is 0 Å². The van der Waals surface area contributed by atoms with Gasteiger partial charge in [-0.25, -0.2) is 22.0 Å². The number of rotatable bonds is 2. The summed E-state index contributed by atoms with van der Waals surface area (Å²) in [5, 5.41) is 2.19. The summed E-state index contributed by atoms with van der Waals surface area (Å²) in [6.45, 7) is 1.57. The number of hydrogen-bond donors (Lipinski definition) is 2. The first-order valence-electron chi connectivity index (χ1n) is 5.47. The van der Waals surface area contributed by atoms with Crippen molar-refractivity contribution in [3.05, 3.63) is 52.8 Å². The molecule has 2 aromatic carbocycles. The average Bonchev–Trinajstić information content (AvgIpc) is 2.41. The van der Waals surface area contributed by atoms with Crippen LogP contribution in [0, 0.1) is 36.0 Å². The Morgan fingerprint density at radius 2 is 1.35 bits per heavy atom. The van der Waals surface area contributed by atoms with Crippen molar-refractivity contribution < 1.29 is 22.0 Å². The molecule has 0 aliphatic carbocycles. The van der Waals surface area contributed by atoms with Crippen LogP contribution >= 0.6 is 0 Å². The second-order valence-electron chi connectivity index (χ2n) is 4.14. The minimum atomic E-state index is -2.19. The van der Waals surface area contributed by atoms with Crippen molar-refractivity contribution in [1.29, 1.82) is 0 Å². The third-order valence-corrected chi connectivity index (χ3v) is 2.72. The highest BCUT2D eigenvalue weighted by Gasteiger charge is 2.26. The standard InChI is InChI=1S/C13H9F5N2/c1-5-4-6(19)2-3-7(5)20-13-11(17)9(15)8(14)10(16)12(13)18/h2-4,20H,19H2,1H3. The number of hydrogen-bond acceptors (Lipinski definition) is 2. The lowest BCUT2D eigenvalue weighted by atomic mass is 10.1. The molecule has 106 valence electrons. The number of nitrogens with two attached hydrogens (primary N) is 1. The molecule has 2 nitrogen and oxygen atoms in total. The Labute approximate surface area is 111 Å². The average molecular weight is 288 g/mol. The fourth-order valence-electron chi connectivity index (χ4n) is 1.68. The maximum atomic E-state index is 13.5. The van der Waals surface area contributed by atoms with E-state index in [1.807, 2.05) is 0 Å². The van der Waals surface area contributed by atoms with E-state index in [9.17, 15) is 22.0 Å². The van der Waals surface area contributed by atoms with Gasteiger partial charge in [0, 0.05) is 11.4 Å². The van der Waals surface area contributed by atoms with Gasteiger partial charge >= 0.3 is 0 Å². The highest BCUT2D eigenvalue weighted by molar-refractivity contribution is 5.66. The van der Waals surface area contributed by atoms with E-state index < -0.39 is 34.8 Å². The summed E-state index contributed by atoms with van der Waals surface area (Å²) in [5.74, 6) is -10.0. The molecule has 3 N–H and O–H groups in total. The molecular formula is C13H9F5N2. The van der Waals surface area contributed by atoms with Gasteiger partial charge in [0.05, 0.1) is 0 Å².